The molecule has 1 atom stereocenters. The molecule has 6 heteroatoms. The van der Waals surface area contributed by atoms with Crippen molar-refractivity contribution in [3.05, 3.63) is 59.7 Å². The molecule has 3 rings (SSSR count). The molecular weight excluding hydrogens is 374 g/mol. The van der Waals surface area contributed by atoms with Crippen molar-refractivity contribution in [1.29, 1.82) is 0 Å². The van der Waals surface area contributed by atoms with Crippen LogP contribution in [0.15, 0.2) is 53.5 Å². The van der Waals surface area contributed by atoms with Crippen molar-refractivity contribution in [1.82, 2.24) is 10.6 Å². The zero-order valence-corrected chi connectivity index (χ0v) is 18.2. The number of aliphatic imine (C=N–C) groups is 1. The lowest BCUT2D eigenvalue weighted by molar-refractivity contribution is -0.115. The maximum atomic E-state index is 12.3. The summed E-state index contributed by atoms with van der Waals surface area (Å²) in [5, 5.41) is 9.41. The van der Waals surface area contributed by atoms with E-state index in [0.717, 1.165) is 25.2 Å². The first kappa shape index (κ1) is 21.7. The number of carbonyl (C=O) groups excluding carboxylic acids is 1. The minimum Gasteiger partial charge on any atom is -0.372 e. The van der Waals surface area contributed by atoms with Gasteiger partial charge in [0.2, 0.25) is 5.91 Å². The van der Waals surface area contributed by atoms with Gasteiger partial charge in [-0.15, -0.1) is 0 Å². The molecule has 1 heterocycles. The van der Waals surface area contributed by atoms with E-state index in [0.29, 0.717) is 5.96 Å². The number of aryl methyl sites for hydroxylation is 1. The SMILES string of the molecule is CCc1cccc(NC(=O)CNC(=NC)NC(C)c2cccc(N3CCCC3)c2)c1. The van der Waals surface area contributed by atoms with Gasteiger partial charge in [0.15, 0.2) is 5.96 Å². The Morgan fingerprint density at radius 3 is 2.63 bits per heavy atom. The van der Waals surface area contributed by atoms with Crippen LogP contribution >= 0.6 is 0 Å². The first-order chi connectivity index (χ1) is 14.6. The van der Waals surface area contributed by atoms with Crippen molar-refractivity contribution in [2.45, 2.75) is 39.2 Å². The van der Waals surface area contributed by atoms with Crippen LogP contribution in [0.2, 0.25) is 0 Å². The lowest BCUT2D eigenvalue weighted by Crippen LogP contribution is -2.42. The number of hydrogen-bond donors (Lipinski definition) is 3. The Balaban J connectivity index is 1.52. The van der Waals surface area contributed by atoms with Gasteiger partial charge in [0.1, 0.15) is 0 Å². The fourth-order valence-electron chi connectivity index (χ4n) is 3.69. The summed E-state index contributed by atoms with van der Waals surface area (Å²) in [4.78, 5) is 19.0. The molecule has 2 aromatic rings. The molecule has 0 radical (unpaired) electrons. The Kier molecular flexibility index (Phi) is 7.71. The first-order valence-corrected chi connectivity index (χ1v) is 10.8. The molecule has 6 nitrogen and oxygen atoms in total. The summed E-state index contributed by atoms with van der Waals surface area (Å²) in [5.41, 5.74) is 4.48. The van der Waals surface area contributed by atoms with E-state index >= 15 is 0 Å². The van der Waals surface area contributed by atoms with E-state index in [1.54, 1.807) is 7.05 Å². The molecular formula is C24H33N5O. The Labute approximate surface area is 179 Å². The maximum absolute atomic E-state index is 12.3. The third kappa shape index (κ3) is 5.99. The highest BCUT2D eigenvalue weighted by atomic mass is 16.1. The van der Waals surface area contributed by atoms with Crippen molar-refractivity contribution in [3.63, 3.8) is 0 Å². The highest BCUT2D eigenvalue weighted by Gasteiger charge is 2.15. The van der Waals surface area contributed by atoms with Crippen molar-refractivity contribution >= 4 is 23.2 Å². The van der Waals surface area contributed by atoms with E-state index in [2.05, 4.69) is 70.0 Å². The minimum absolute atomic E-state index is 0.0723. The van der Waals surface area contributed by atoms with Crippen LogP contribution < -0.4 is 20.9 Å². The average Bonchev–Trinajstić information content (AvgIpc) is 3.31. The van der Waals surface area contributed by atoms with E-state index in [9.17, 15) is 4.79 Å². The van der Waals surface area contributed by atoms with E-state index in [4.69, 9.17) is 0 Å². The highest BCUT2D eigenvalue weighted by molar-refractivity contribution is 5.95. The van der Waals surface area contributed by atoms with Crippen LogP contribution in [-0.4, -0.2) is 38.5 Å². The maximum Gasteiger partial charge on any atom is 0.243 e. The van der Waals surface area contributed by atoms with Crippen molar-refractivity contribution in [3.8, 4) is 0 Å². The third-order valence-corrected chi connectivity index (χ3v) is 5.45. The van der Waals surface area contributed by atoms with Gasteiger partial charge in [0.05, 0.1) is 12.6 Å². The molecule has 1 fully saturated rings. The molecule has 160 valence electrons. The predicted molar refractivity (Wildman–Crippen MR) is 125 cm³/mol. The van der Waals surface area contributed by atoms with Gasteiger partial charge in [-0.3, -0.25) is 9.79 Å². The fourth-order valence-corrected chi connectivity index (χ4v) is 3.69. The molecule has 1 unspecified atom stereocenters. The molecule has 1 amide bonds. The highest BCUT2D eigenvalue weighted by Crippen LogP contribution is 2.23. The lowest BCUT2D eigenvalue weighted by atomic mass is 10.1. The summed E-state index contributed by atoms with van der Waals surface area (Å²) >= 11 is 0. The Hall–Kier alpha value is -3.02. The van der Waals surface area contributed by atoms with Crippen molar-refractivity contribution in [2.24, 2.45) is 4.99 Å². The van der Waals surface area contributed by atoms with Gasteiger partial charge in [-0.2, -0.15) is 0 Å². The van der Waals surface area contributed by atoms with E-state index in [-0.39, 0.29) is 18.5 Å². The van der Waals surface area contributed by atoms with Crippen LogP contribution in [0.25, 0.3) is 0 Å². The van der Waals surface area contributed by atoms with Gasteiger partial charge >= 0.3 is 0 Å². The lowest BCUT2D eigenvalue weighted by Gasteiger charge is -2.22. The van der Waals surface area contributed by atoms with Gasteiger partial charge in [0.25, 0.3) is 0 Å². The average molecular weight is 408 g/mol. The zero-order chi connectivity index (χ0) is 21.3. The van der Waals surface area contributed by atoms with Gasteiger partial charge in [-0.1, -0.05) is 31.2 Å². The number of nitrogens with one attached hydrogen (secondary N) is 3. The minimum atomic E-state index is -0.102. The van der Waals surface area contributed by atoms with E-state index in [1.807, 2.05) is 18.2 Å². The summed E-state index contributed by atoms with van der Waals surface area (Å²) in [6.45, 7) is 6.61. The number of nitrogens with zero attached hydrogens (tertiary/aromatic N) is 2. The molecule has 1 saturated heterocycles. The molecule has 0 bridgehead atoms. The third-order valence-electron chi connectivity index (χ3n) is 5.45. The summed E-state index contributed by atoms with van der Waals surface area (Å²) in [7, 11) is 1.71. The van der Waals surface area contributed by atoms with Crippen LogP contribution in [-0.2, 0) is 11.2 Å². The molecule has 0 aromatic heterocycles. The van der Waals surface area contributed by atoms with E-state index < -0.39 is 0 Å². The largest absolute Gasteiger partial charge is 0.372 e. The summed E-state index contributed by atoms with van der Waals surface area (Å²) < 4.78 is 0. The number of hydrogen-bond acceptors (Lipinski definition) is 3. The second kappa shape index (κ2) is 10.7. The second-order valence-electron chi connectivity index (χ2n) is 7.68. The number of rotatable bonds is 7. The van der Waals surface area contributed by atoms with Crippen LogP contribution in [0.4, 0.5) is 11.4 Å². The molecule has 3 N–H and O–H groups in total. The quantitative estimate of drug-likeness (QED) is 0.483. The normalized spacial score (nSPS) is 15.0. The van der Waals surface area contributed by atoms with Gasteiger partial charge in [-0.05, 0) is 61.6 Å². The predicted octanol–water partition coefficient (Wildman–Crippen LogP) is 3.71. The van der Waals surface area contributed by atoms with E-state index in [1.165, 1.54) is 29.7 Å². The Morgan fingerprint density at radius 1 is 1.13 bits per heavy atom. The standard InChI is InChI=1S/C24H33N5O/c1-4-19-9-7-11-21(15-19)28-23(30)17-26-24(25-3)27-18(2)20-10-8-12-22(16-20)29-13-5-6-14-29/h7-12,15-16,18H,4-6,13-14,17H2,1-3H3,(H,28,30)(H2,25,26,27). The number of carbonyl (C=O) groups is 1. The van der Waals surface area contributed by atoms with Crippen LogP contribution in [0.1, 0.15) is 43.9 Å². The van der Waals surface area contributed by atoms with Crippen LogP contribution in [0, 0.1) is 0 Å². The molecule has 0 saturated carbocycles. The van der Waals surface area contributed by atoms with Crippen LogP contribution in [0.3, 0.4) is 0 Å². The first-order valence-electron chi connectivity index (χ1n) is 10.8. The molecule has 1 aliphatic rings. The van der Waals surface area contributed by atoms with Gasteiger partial charge in [-0.25, -0.2) is 0 Å². The number of benzene rings is 2. The second-order valence-corrected chi connectivity index (χ2v) is 7.68. The molecule has 1 aliphatic heterocycles. The number of guanidine groups is 1. The summed E-state index contributed by atoms with van der Waals surface area (Å²) in [5.74, 6) is 0.501. The molecule has 0 aliphatic carbocycles. The van der Waals surface area contributed by atoms with Crippen molar-refractivity contribution < 1.29 is 4.79 Å². The van der Waals surface area contributed by atoms with Crippen molar-refractivity contribution in [2.75, 3.05) is 36.9 Å². The Bertz CT molecular complexity index is 873. The molecule has 0 spiro atoms. The molecule has 30 heavy (non-hydrogen) atoms. The zero-order valence-electron chi connectivity index (χ0n) is 18.2. The molecule has 2 aromatic carbocycles. The fraction of sp³-hybridized carbons (Fsp3) is 0.417. The topological polar surface area (TPSA) is 68.8 Å². The monoisotopic (exact) mass is 407 g/mol. The van der Waals surface area contributed by atoms with Gasteiger partial charge in [0, 0.05) is 31.5 Å². The smallest absolute Gasteiger partial charge is 0.243 e. The summed E-state index contributed by atoms with van der Waals surface area (Å²) in [6.07, 6.45) is 3.47. The number of amides is 1. The Morgan fingerprint density at radius 2 is 1.90 bits per heavy atom. The van der Waals surface area contributed by atoms with Gasteiger partial charge < -0.3 is 20.9 Å². The van der Waals surface area contributed by atoms with Crippen LogP contribution in [0.5, 0.6) is 0 Å². The number of anilines is 2. The summed E-state index contributed by atoms with van der Waals surface area (Å²) in [6, 6.07) is 16.6.